The molecular weight excluding hydrogens is 350 g/mol. The van der Waals surface area contributed by atoms with Crippen molar-refractivity contribution in [3.05, 3.63) is 59.2 Å². The largest absolute Gasteiger partial charge is 0.496 e. The molecule has 1 saturated carbocycles. The fourth-order valence-electron chi connectivity index (χ4n) is 3.98. The molecular formula is C20H23NO4S. The van der Waals surface area contributed by atoms with Gasteiger partial charge in [0.1, 0.15) is 5.75 Å². The highest BCUT2D eigenvalue weighted by molar-refractivity contribution is 7.90. The van der Waals surface area contributed by atoms with Gasteiger partial charge in [-0.25, -0.2) is 8.42 Å². The number of ether oxygens (including phenoxy) is 1. The molecule has 0 aromatic heterocycles. The van der Waals surface area contributed by atoms with E-state index in [0.717, 1.165) is 11.1 Å². The number of para-hydroxylation sites is 1. The number of hydrogen-bond donors (Lipinski definition) is 1. The Bertz CT molecular complexity index is 962. The second-order valence-electron chi connectivity index (χ2n) is 7.41. The number of amides is 1. The smallest absolute Gasteiger partial charge is 0.252 e. The molecule has 2 N–H and O–H groups in total. The summed E-state index contributed by atoms with van der Waals surface area (Å²) in [5.74, 6) is 0.360. The van der Waals surface area contributed by atoms with E-state index < -0.39 is 15.7 Å². The lowest BCUT2D eigenvalue weighted by Gasteiger charge is -2.12. The van der Waals surface area contributed by atoms with Gasteiger partial charge >= 0.3 is 0 Å². The Kier molecular flexibility index (Phi) is 4.35. The number of nitrogens with two attached hydrogens (primary N) is 1. The number of rotatable bonds is 5. The van der Waals surface area contributed by atoms with Gasteiger partial charge in [0.2, 0.25) is 0 Å². The molecule has 138 valence electrons. The lowest BCUT2D eigenvalue weighted by molar-refractivity contribution is 0.0997. The average Bonchev–Trinajstić information content (AvgIpc) is 3.15. The van der Waals surface area contributed by atoms with Crippen LogP contribution in [-0.2, 0) is 9.84 Å². The van der Waals surface area contributed by atoms with Crippen molar-refractivity contribution in [1.29, 1.82) is 0 Å². The highest BCUT2D eigenvalue weighted by Gasteiger charge is 2.59. The van der Waals surface area contributed by atoms with Gasteiger partial charge in [-0.1, -0.05) is 38.1 Å². The lowest BCUT2D eigenvalue weighted by Crippen LogP contribution is -2.13. The molecule has 0 radical (unpaired) electrons. The molecule has 2 aromatic rings. The van der Waals surface area contributed by atoms with E-state index in [1.54, 1.807) is 18.2 Å². The fourth-order valence-corrected chi connectivity index (χ4v) is 4.61. The van der Waals surface area contributed by atoms with Crippen LogP contribution in [0.2, 0.25) is 0 Å². The Balaban J connectivity index is 2.01. The van der Waals surface area contributed by atoms with Gasteiger partial charge in [-0.3, -0.25) is 4.79 Å². The van der Waals surface area contributed by atoms with Gasteiger partial charge in [-0.05, 0) is 40.7 Å². The lowest BCUT2D eigenvalue weighted by atomic mass is 9.99. The van der Waals surface area contributed by atoms with E-state index >= 15 is 0 Å². The number of hydrogen-bond acceptors (Lipinski definition) is 4. The first-order valence-electron chi connectivity index (χ1n) is 8.35. The summed E-state index contributed by atoms with van der Waals surface area (Å²) in [7, 11) is -1.68. The number of sulfone groups is 1. The molecule has 6 heteroatoms. The maximum Gasteiger partial charge on any atom is 0.252 e. The van der Waals surface area contributed by atoms with Crippen LogP contribution >= 0.6 is 0 Å². The van der Waals surface area contributed by atoms with Crippen molar-refractivity contribution < 1.29 is 17.9 Å². The van der Waals surface area contributed by atoms with Gasteiger partial charge in [0, 0.05) is 12.2 Å². The standard InChI is InChI=1S/C20H23NO4S/c1-20(2)16(12-8-10-13(11-9-12)26(4,23)24)17(20)14-6-5-7-15(19(21)22)18(14)25-3/h5-11,16-17H,1-4H3,(H2,21,22)/t16-,17-/m0/s1. The normalized spacial score (nSPS) is 21.2. The monoisotopic (exact) mass is 373 g/mol. The molecule has 0 aliphatic heterocycles. The van der Waals surface area contributed by atoms with E-state index in [-0.39, 0.29) is 17.3 Å². The van der Waals surface area contributed by atoms with Crippen LogP contribution in [0.4, 0.5) is 0 Å². The zero-order chi connectivity index (χ0) is 19.3. The van der Waals surface area contributed by atoms with Crippen molar-refractivity contribution in [2.45, 2.75) is 30.6 Å². The third-order valence-electron chi connectivity index (χ3n) is 5.34. The first-order chi connectivity index (χ1) is 12.1. The highest BCUT2D eigenvalue weighted by Crippen LogP contribution is 2.71. The Hall–Kier alpha value is -2.34. The van der Waals surface area contributed by atoms with Crippen molar-refractivity contribution in [3.8, 4) is 5.75 Å². The first kappa shape index (κ1) is 18.5. The molecule has 0 saturated heterocycles. The molecule has 1 aliphatic rings. The molecule has 0 spiro atoms. The van der Waals surface area contributed by atoms with Crippen LogP contribution in [0.25, 0.3) is 0 Å². The van der Waals surface area contributed by atoms with Crippen molar-refractivity contribution in [3.63, 3.8) is 0 Å². The Morgan fingerprint density at radius 2 is 1.69 bits per heavy atom. The average molecular weight is 373 g/mol. The van der Waals surface area contributed by atoms with Crippen molar-refractivity contribution in [1.82, 2.24) is 0 Å². The number of carbonyl (C=O) groups is 1. The second-order valence-corrected chi connectivity index (χ2v) is 9.43. The van der Waals surface area contributed by atoms with Crippen LogP contribution in [0.5, 0.6) is 5.75 Å². The van der Waals surface area contributed by atoms with Crippen LogP contribution < -0.4 is 10.5 Å². The Morgan fingerprint density at radius 3 is 2.19 bits per heavy atom. The van der Waals surface area contributed by atoms with Gasteiger partial charge in [-0.15, -0.1) is 0 Å². The van der Waals surface area contributed by atoms with E-state index in [0.29, 0.717) is 16.2 Å². The third-order valence-corrected chi connectivity index (χ3v) is 6.47. The summed E-state index contributed by atoms with van der Waals surface area (Å²) < 4.78 is 28.8. The summed E-state index contributed by atoms with van der Waals surface area (Å²) in [6, 6.07) is 12.5. The minimum Gasteiger partial charge on any atom is -0.496 e. The number of methoxy groups -OCH3 is 1. The Labute approximate surface area is 154 Å². The molecule has 26 heavy (non-hydrogen) atoms. The molecule has 3 rings (SSSR count). The second kappa shape index (κ2) is 6.13. The maximum absolute atomic E-state index is 11.7. The van der Waals surface area contributed by atoms with Gasteiger partial charge in [0.25, 0.3) is 5.91 Å². The van der Waals surface area contributed by atoms with Gasteiger partial charge in [-0.2, -0.15) is 0 Å². The van der Waals surface area contributed by atoms with Crippen LogP contribution in [0.3, 0.4) is 0 Å². The summed E-state index contributed by atoms with van der Waals surface area (Å²) in [5, 5.41) is 0. The third kappa shape index (κ3) is 2.98. The number of primary amides is 1. The van der Waals surface area contributed by atoms with E-state index in [2.05, 4.69) is 13.8 Å². The topological polar surface area (TPSA) is 86.5 Å². The zero-order valence-corrected chi connectivity index (χ0v) is 16.1. The molecule has 1 fully saturated rings. The van der Waals surface area contributed by atoms with E-state index in [4.69, 9.17) is 10.5 Å². The quantitative estimate of drug-likeness (QED) is 0.872. The van der Waals surface area contributed by atoms with Gasteiger partial charge in [0.05, 0.1) is 17.6 Å². The summed E-state index contributed by atoms with van der Waals surface area (Å²) in [4.78, 5) is 12.0. The molecule has 1 aliphatic carbocycles. The maximum atomic E-state index is 11.7. The molecule has 1 amide bonds. The summed E-state index contributed by atoms with van der Waals surface area (Å²) in [6.45, 7) is 4.31. The van der Waals surface area contributed by atoms with Crippen molar-refractivity contribution >= 4 is 15.7 Å². The van der Waals surface area contributed by atoms with E-state index in [9.17, 15) is 13.2 Å². The van der Waals surface area contributed by atoms with E-state index in [1.165, 1.54) is 13.4 Å². The van der Waals surface area contributed by atoms with E-state index in [1.807, 2.05) is 24.3 Å². The van der Waals surface area contributed by atoms with Crippen molar-refractivity contribution in [2.75, 3.05) is 13.4 Å². The minimum atomic E-state index is -3.22. The number of benzene rings is 2. The summed E-state index contributed by atoms with van der Waals surface area (Å²) >= 11 is 0. The summed E-state index contributed by atoms with van der Waals surface area (Å²) in [5.41, 5.74) is 7.82. The highest BCUT2D eigenvalue weighted by atomic mass is 32.2. The van der Waals surface area contributed by atoms with Crippen LogP contribution in [0.1, 0.15) is 47.2 Å². The number of carbonyl (C=O) groups excluding carboxylic acids is 1. The molecule has 0 bridgehead atoms. The molecule has 0 heterocycles. The van der Waals surface area contributed by atoms with Gasteiger partial charge < -0.3 is 10.5 Å². The molecule has 2 atom stereocenters. The first-order valence-corrected chi connectivity index (χ1v) is 10.2. The molecule has 2 aromatic carbocycles. The van der Waals surface area contributed by atoms with Crippen LogP contribution in [-0.4, -0.2) is 27.7 Å². The SMILES string of the molecule is COc1c(C(N)=O)cccc1[C@H]1[C@H](c2ccc(S(C)(=O)=O)cc2)C1(C)C. The van der Waals surface area contributed by atoms with Crippen molar-refractivity contribution in [2.24, 2.45) is 11.1 Å². The van der Waals surface area contributed by atoms with Crippen LogP contribution in [0, 0.1) is 5.41 Å². The van der Waals surface area contributed by atoms with Gasteiger partial charge in [0.15, 0.2) is 9.84 Å². The predicted molar refractivity (Wildman–Crippen MR) is 100 cm³/mol. The Morgan fingerprint density at radius 1 is 1.08 bits per heavy atom. The summed E-state index contributed by atoms with van der Waals surface area (Å²) in [6.07, 6.45) is 1.20. The van der Waals surface area contributed by atoms with Crippen LogP contribution in [0.15, 0.2) is 47.4 Å². The predicted octanol–water partition coefficient (Wildman–Crippen LogP) is 3.10. The molecule has 0 unspecified atom stereocenters. The fraction of sp³-hybridized carbons (Fsp3) is 0.350. The minimum absolute atomic E-state index is 0.0455. The molecule has 5 nitrogen and oxygen atoms in total. The zero-order valence-electron chi connectivity index (χ0n) is 15.3.